The van der Waals surface area contributed by atoms with Crippen molar-refractivity contribution in [3.05, 3.63) is 40.8 Å². The molecule has 6 rings (SSSR count). The van der Waals surface area contributed by atoms with Gasteiger partial charge in [0.25, 0.3) is 0 Å². The quantitative estimate of drug-likeness (QED) is 0.433. The number of hydrogen-bond donors (Lipinski definition) is 3. The molecule has 172 valence electrons. The molecule has 0 amide bonds. The Hall–Kier alpha value is -3.31. The predicted molar refractivity (Wildman–Crippen MR) is 119 cm³/mol. The Balaban J connectivity index is 1.55. The van der Waals surface area contributed by atoms with Crippen LogP contribution in [0.25, 0.3) is 28.1 Å². The number of hydrogen-bond acceptors (Lipinski definition) is 7. The molecule has 4 heterocycles. The Morgan fingerprint density at radius 2 is 2.03 bits per heavy atom. The maximum atomic E-state index is 14.0. The molecular formula is C22H24FN7O3. The largest absolute Gasteiger partial charge is 0.391 e. The van der Waals surface area contributed by atoms with Crippen LogP contribution in [-0.4, -0.2) is 59.5 Å². The molecule has 2 atom stereocenters. The van der Waals surface area contributed by atoms with Crippen LogP contribution in [0.1, 0.15) is 38.1 Å². The van der Waals surface area contributed by atoms with E-state index in [1.807, 2.05) is 0 Å². The number of nitrogens with zero attached hydrogens (tertiary/aromatic N) is 5. The molecule has 1 aliphatic heterocycles. The fraction of sp³-hybridized carbons (Fsp3) is 0.455. The van der Waals surface area contributed by atoms with Crippen molar-refractivity contribution in [1.82, 2.24) is 29.1 Å². The lowest BCUT2D eigenvalue weighted by Gasteiger charge is -2.23. The van der Waals surface area contributed by atoms with Crippen molar-refractivity contribution in [3.63, 3.8) is 0 Å². The van der Waals surface area contributed by atoms with Crippen LogP contribution < -0.4 is 11.0 Å². The average Bonchev–Trinajstić information content (AvgIpc) is 3.50. The van der Waals surface area contributed by atoms with E-state index < -0.39 is 11.9 Å². The zero-order valence-electron chi connectivity index (χ0n) is 17.9. The zero-order valence-corrected chi connectivity index (χ0v) is 17.9. The number of benzene rings is 1. The molecule has 0 radical (unpaired) electrons. The second-order valence-electron chi connectivity index (χ2n) is 8.71. The minimum Gasteiger partial charge on any atom is -0.391 e. The first-order chi connectivity index (χ1) is 16.1. The van der Waals surface area contributed by atoms with E-state index in [9.17, 15) is 14.3 Å². The number of halogens is 1. The number of anilines is 1. The molecule has 1 saturated heterocycles. The van der Waals surface area contributed by atoms with Crippen molar-refractivity contribution in [2.75, 3.05) is 18.5 Å². The number of aromatic nitrogens is 6. The minimum atomic E-state index is -0.495. The van der Waals surface area contributed by atoms with Crippen LogP contribution in [0, 0.1) is 5.82 Å². The number of imidazole rings is 2. The van der Waals surface area contributed by atoms with Gasteiger partial charge >= 0.3 is 5.69 Å². The van der Waals surface area contributed by atoms with Crippen LogP contribution in [0.4, 0.5) is 10.2 Å². The molecule has 0 spiro atoms. The monoisotopic (exact) mass is 453 g/mol. The summed E-state index contributed by atoms with van der Waals surface area (Å²) in [7, 11) is 0. The van der Waals surface area contributed by atoms with Gasteiger partial charge in [0.05, 0.1) is 23.2 Å². The molecular weight excluding hydrogens is 429 g/mol. The molecule has 0 bridgehead atoms. The highest BCUT2D eigenvalue weighted by molar-refractivity contribution is 5.85. The summed E-state index contributed by atoms with van der Waals surface area (Å²) in [4.78, 5) is 29.7. The molecule has 0 unspecified atom stereocenters. The number of aliphatic hydroxyl groups excluding tert-OH is 1. The number of aliphatic hydroxyl groups is 1. The van der Waals surface area contributed by atoms with Crippen molar-refractivity contribution in [1.29, 1.82) is 0 Å². The van der Waals surface area contributed by atoms with Crippen LogP contribution in [0.5, 0.6) is 0 Å². The molecule has 2 aliphatic rings. The number of H-pyrrole nitrogens is 1. The summed E-state index contributed by atoms with van der Waals surface area (Å²) in [6, 6.07) is 4.11. The standard InChI is InChI=1S/C22H24FN7O3/c23-12-4-5-14-16(10-12)29(11-24-14)21-27-19(25-15-2-1-3-17(15)31)18-20(28-21)30(22(32)26-18)13-6-8-33-9-7-13/h4-5,10-11,13,15,17,31H,1-3,6-9H2,(H,26,32)(H,25,27,28)/t15-,17+/m1/s1. The Morgan fingerprint density at radius 3 is 2.82 bits per heavy atom. The van der Waals surface area contributed by atoms with Crippen molar-refractivity contribution < 1.29 is 14.2 Å². The third-order valence-corrected chi connectivity index (χ3v) is 6.64. The van der Waals surface area contributed by atoms with E-state index in [1.54, 1.807) is 21.5 Å². The summed E-state index contributed by atoms with van der Waals surface area (Å²) >= 11 is 0. The Labute approximate surface area is 187 Å². The average molecular weight is 453 g/mol. The molecule has 11 heteroatoms. The van der Waals surface area contributed by atoms with Gasteiger partial charge in [-0.1, -0.05) is 0 Å². The summed E-state index contributed by atoms with van der Waals surface area (Å²) in [5, 5.41) is 13.7. The number of rotatable bonds is 4. The van der Waals surface area contributed by atoms with E-state index in [2.05, 4.69) is 20.3 Å². The SMILES string of the molecule is O=c1[nH]c2c(N[C@@H]3CCC[C@@H]3O)nc(-n3cnc4ccc(F)cc43)nc2n1C1CCOCC1. The first-order valence-electron chi connectivity index (χ1n) is 11.3. The van der Waals surface area contributed by atoms with E-state index >= 15 is 0 Å². The zero-order chi connectivity index (χ0) is 22.5. The maximum Gasteiger partial charge on any atom is 0.328 e. The third kappa shape index (κ3) is 3.47. The number of fused-ring (bicyclic) bond motifs is 2. The molecule has 4 aromatic rings. The summed E-state index contributed by atoms with van der Waals surface area (Å²) in [6.07, 6.45) is 4.88. The number of aromatic amines is 1. The summed E-state index contributed by atoms with van der Waals surface area (Å²) in [5.74, 6) is 0.311. The predicted octanol–water partition coefficient (Wildman–Crippen LogP) is 2.27. The molecule has 1 aromatic carbocycles. The fourth-order valence-corrected chi connectivity index (χ4v) is 4.91. The van der Waals surface area contributed by atoms with Crippen LogP contribution in [0.2, 0.25) is 0 Å². The fourth-order valence-electron chi connectivity index (χ4n) is 4.91. The van der Waals surface area contributed by atoms with Crippen molar-refractivity contribution in [2.45, 2.75) is 50.3 Å². The van der Waals surface area contributed by atoms with Crippen molar-refractivity contribution >= 4 is 28.0 Å². The van der Waals surface area contributed by atoms with Gasteiger partial charge in [0.15, 0.2) is 11.5 Å². The van der Waals surface area contributed by atoms with E-state index in [1.165, 1.54) is 12.1 Å². The lowest BCUT2D eigenvalue weighted by molar-refractivity contribution is 0.0697. The van der Waals surface area contributed by atoms with Crippen molar-refractivity contribution in [3.8, 4) is 5.95 Å². The van der Waals surface area contributed by atoms with Gasteiger partial charge in [0, 0.05) is 25.3 Å². The van der Waals surface area contributed by atoms with Gasteiger partial charge in [-0.05, 0) is 44.2 Å². The van der Waals surface area contributed by atoms with E-state index in [-0.39, 0.29) is 23.7 Å². The Kier molecular flexibility index (Phi) is 4.88. The molecule has 1 aliphatic carbocycles. The van der Waals surface area contributed by atoms with Gasteiger partial charge in [-0.25, -0.2) is 14.2 Å². The molecule has 3 N–H and O–H groups in total. The Morgan fingerprint density at radius 1 is 1.18 bits per heavy atom. The molecule has 1 saturated carbocycles. The highest BCUT2D eigenvalue weighted by atomic mass is 19.1. The van der Waals surface area contributed by atoms with E-state index in [0.29, 0.717) is 60.5 Å². The number of ether oxygens (including phenoxy) is 1. The highest BCUT2D eigenvalue weighted by Gasteiger charge is 2.29. The van der Waals surface area contributed by atoms with Gasteiger partial charge in [-0.15, -0.1) is 0 Å². The minimum absolute atomic E-state index is 0.0513. The molecule has 10 nitrogen and oxygen atoms in total. The van der Waals surface area contributed by atoms with Crippen molar-refractivity contribution in [2.24, 2.45) is 0 Å². The van der Waals surface area contributed by atoms with Gasteiger partial charge in [0.1, 0.15) is 17.7 Å². The van der Waals surface area contributed by atoms with Gasteiger partial charge < -0.3 is 20.1 Å². The molecule has 3 aromatic heterocycles. The van der Waals surface area contributed by atoms with E-state index in [4.69, 9.17) is 9.72 Å². The van der Waals surface area contributed by atoms with Crippen LogP contribution in [0.3, 0.4) is 0 Å². The van der Waals surface area contributed by atoms with Crippen LogP contribution in [0.15, 0.2) is 29.3 Å². The topological polar surface area (TPSA) is 123 Å². The molecule has 33 heavy (non-hydrogen) atoms. The van der Waals surface area contributed by atoms with Crippen LogP contribution >= 0.6 is 0 Å². The second-order valence-corrected chi connectivity index (χ2v) is 8.71. The summed E-state index contributed by atoms with van der Waals surface area (Å²) < 4.78 is 22.7. The Bertz CT molecular complexity index is 1390. The lowest BCUT2D eigenvalue weighted by atomic mass is 10.1. The van der Waals surface area contributed by atoms with E-state index in [0.717, 1.165) is 12.8 Å². The van der Waals surface area contributed by atoms with Gasteiger partial charge in [-0.3, -0.25) is 9.13 Å². The first-order valence-corrected chi connectivity index (χ1v) is 11.3. The first kappa shape index (κ1) is 20.3. The van der Waals surface area contributed by atoms with Crippen LogP contribution in [-0.2, 0) is 4.74 Å². The summed E-state index contributed by atoms with van der Waals surface area (Å²) in [6.45, 7) is 1.15. The maximum absolute atomic E-state index is 14.0. The highest BCUT2D eigenvalue weighted by Crippen LogP contribution is 2.29. The summed E-state index contributed by atoms with van der Waals surface area (Å²) in [5.41, 5.74) is 1.82. The lowest BCUT2D eigenvalue weighted by Crippen LogP contribution is -2.29. The third-order valence-electron chi connectivity index (χ3n) is 6.64. The normalized spacial score (nSPS) is 21.9. The second kappa shape index (κ2) is 7.92. The van der Waals surface area contributed by atoms with Gasteiger partial charge in [0.2, 0.25) is 5.95 Å². The van der Waals surface area contributed by atoms with Gasteiger partial charge in [-0.2, -0.15) is 9.97 Å². The number of nitrogens with one attached hydrogen (secondary N) is 2. The molecule has 2 fully saturated rings. The smallest absolute Gasteiger partial charge is 0.328 e.